The van der Waals surface area contributed by atoms with E-state index in [1.807, 2.05) is 0 Å². The van der Waals surface area contributed by atoms with Crippen LogP contribution >= 0.6 is 0 Å². The lowest BCUT2D eigenvalue weighted by atomic mass is 10.2. The fraction of sp³-hybridized carbons (Fsp3) is 0.727. The van der Waals surface area contributed by atoms with Crippen LogP contribution in [0.5, 0.6) is 0 Å². The minimum Gasteiger partial charge on any atom is -0.475 e. The zero-order valence-corrected chi connectivity index (χ0v) is 11.1. The van der Waals surface area contributed by atoms with Crippen molar-refractivity contribution in [2.75, 3.05) is 6.54 Å². The minimum atomic E-state index is -5.08. The molecule has 20 heavy (non-hydrogen) atoms. The largest absolute Gasteiger partial charge is 0.490 e. The molecule has 1 aliphatic heterocycles. The lowest BCUT2D eigenvalue weighted by Crippen LogP contribution is -2.21. The molecule has 1 unspecified atom stereocenters. The summed E-state index contributed by atoms with van der Waals surface area (Å²) < 4.78 is 36.9. The first-order valence-corrected chi connectivity index (χ1v) is 6.08. The summed E-state index contributed by atoms with van der Waals surface area (Å²) in [5, 5.41) is 14.4. The number of carboxylic acids is 1. The molecule has 0 aliphatic carbocycles. The van der Waals surface area contributed by atoms with Crippen LogP contribution in [0, 0.1) is 0 Å². The Morgan fingerprint density at radius 2 is 2.10 bits per heavy atom. The van der Waals surface area contributed by atoms with Crippen molar-refractivity contribution in [2.24, 2.45) is 0 Å². The van der Waals surface area contributed by atoms with E-state index in [2.05, 4.69) is 29.3 Å². The molecule has 9 heteroatoms. The predicted molar refractivity (Wildman–Crippen MR) is 62.1 cm³/mol. The zero-order valence-electron chi connectivity index (χ0n) is 11.1. The molecule has 2 heterocycles. The Hall–Kier alpha value is -1.64. The van der Waals surface area contributed by atoms with Crippen LogP contribution in [-0.4, -0.2) is 33.9 Å². The van der Waals surface area contributed by atoms with Crippen molar-refractivity contribution in [1.29, 1.82) is 0 Å². The molecule has 1 saturated heterocycles. The molecule has 114 valence electrons. The lowest BCUT2D eigenvalue weighted by Gasteiger charge is -2.01. The Balaban J connectivity index is 0.000000246. The van der Waals surface area contributed by atoms with E-state index in [0.717, 1.165) is 24.7 Å². The van der Waals surface area contributed by atoms with Gasteiger partial charge in [-0.2, -0.15) is 18.2 Å². The van der Waals surface area contributed by atoms with Crippen molar-refractivity contribution in [3.05, 3.63) is 11.7 Å². The first-order chi connectivity index (χ1) is 9.21. The molecule has 2 N–H and O–H groups in total. The smallest absolute Gasteiger partial charge is 0.475 e. The SMILES string of the molecule is CC(C)c1noc(C2CCCN2)n1.O=C(O)C(F)(F)F. The van der Waals surface area contributed by atoms with E-state index in [-0.39, 0.29) is 0 Å². The standard InChI is InChI=1S/C9H15N3O.C2HF3O2/c1-6(2)8-11-9(13-12-8)7-4-3-5-10-7;3-2(4,5)1(6)7/h6-7,10H,3-5H2,1-2H3;(H,6,7). The average molecular weight is 295 g/mol. The van der Waals surface area contributed by atoms with Crippen molar-refractivity contribution in [3.8, 4) is 0 Å². The third kappa shape index (κ3) is 4.80. The molecule has 2 rings (SSSR count). The Morgan fingerprint density at radius 3 is 2.45 bits per heavy atom. The number of aromatic nitrogens is 2. The van der Waals surface area contributed by atoms with Gasteiger partial charge in [0.1, 0.15) is 0 Å². The van der Waals surface area contributed by atoms with Crippen LogP contribution in [-0.2, 0) is 4.79 Å². The van der Waals surface area contributed by atoms with Gasteiger partial charge in [0.15, 0.2) is 5.82 Å². The van der Waals surface area contributed by atoms with E-state index >= 15 is 0 Å². The summed E-state index contributed by atoms with van der Waals surface area (Å²) in [5.41, 5.74) is 0. The second-order valence-electron chi connectivity index (χ2n) is 4.60. The number of carboxylic acid groups (broad SMARTS) is 1. The molecule has 1 aliphatic rings. The fourth-order valence-electron chi connectivity index (χ4n) is 1.52. The highest BCUT2D eigenvalue weighted by Gasteiger charge is 2.38. The summed E-state index contributed by atoms with van der Waals surface area (Å²) in [6.45, 7) is 5.19. The molecular weight excluding hydrogens is 279 g/mol. The monoisotopic (exact) mass is 295 g/mol. The number of carbonyl (C=O) groups is 1. The molecule has 1 atom stereocenters. The highest BCUT2D eigenvalue weighted by Crippen LogP contribution is 2.22. The van der Waals surface area contributed by atoms with Crippen molar-refractivity contribution in [2.45, 2.75) is 44.8 Å². The van der Waals surface area contributed by atoms with Crippen molar-refractivity contribution in [1.82, 2.24) is 15.5 Å². The van der Waals surface area contributed by atoms with Crippen molar-refractivity contribution in [3.63, 3.8) is 0 Å². The Labute approximate surface area is 113 Å². The molecule has 1 fully saturated rings. The Morgan fingerprint density at radius 1 is 1.50 bits per heavy atom. The molecule has 1 aromatic rings. The van der Waals surface area contributed by atoms with E-state index in [1.165, 1.54) is 6.42 Å². The molecule has 0 bridgehead atoms. The van der Waals surface area contributed by atoms with Crippen LogP contribution in [0.4, 0.5) is 13.2 Å². The Kier molecular flexibility index (Phi) is 5.49. The molecular formula is C11H16F3N3O3. The van der Waals surface area contributed by atoms with E-state index in [0.29, 0.717) is 12.0 Å². The number of nitrogens with one attached hydrogen (secondary N) is 1. The van der Waals surface area contributed by atoms with Crippen LogP contribution in [0.2, 0.25) is 0 Å². The normalized spacial score (nSPS) is 18.8. The maximum absolute atomic E-state index is 10.6. The minimum absolute atomic E-state index is 0.292. The van der Waals surface area contributed by atoms with Gasteiger partial charge in [0, 0.05) is 5.92 Å². The van der Waals surface area contributed by atoms with E-state index in [9.17, 15) is 13.2 Å². The predicted octanol–water partition coefficient (Wildman–Crippen LogP) is 2.25. The maximum Gasteiger partial charge on any atom is 0.490 e. The summed E-state index contributed by atoms with van der Waals surface area (Å²) in [7, 11) is 0. The molecule has 0 saturated carbocycles. The van der Waals surface area contributed by atoms with Crippen molar-refractivity contribution >= 4 is 5.97 Å². The van der Waals surface area contributed by atoms with Crippen LogP contribution in [0.3, 0.4) is 0 Å². The van der Waals surface area contributed by atoms with Gasteiger partial charge >= 0.3 is 12.1 Å². The first kappa shape index (κ1) is 16.4. The first-order valence-electron chi connectivity index (χ1n) is 6.08. The fourth-order valence-corrected chi connectivity index (χ4v) is 1.52. The van der Waals surface area contributed by atoms with Gasteiger partial charge in [-0.25, -0.2) is 4.79 Å². The van der Waals surface area contributed by atoms with Gasteiger partial charge in [0.25, 0.3) is 0 Å². The number of nitrogens with zero attached hydrogens (tertiary/aromatic N) is 2. The van der Waals surface area contributed by atoms with E-state index in [4.69, 9.17) is 14.4 Å². The maximum atomic E-state index is 10.6. The molecule has 0 radical (unpaired) electrons. The van der Waals surface area contributed by atoms with E-state index in [1.54, 1.807) is 0 Å². The molecule has 0 aromatic carbocycles. The van der Waals surface area contributed by atoms with Gasteiger partial charge in [-0.3, -0.25) is 0 Å². The van der Waals surface area contributed by atoms with Crippen molar-refractivity contribution < 1.29 is 27.6 Å². The molecule has 6 nitrogen and oxygen atoms in total. The topological polar surface area (TPSA) is 88.3 Å². The highest BCUT2D eigenvalue weighted by molar-refractivity contribution is 5.73. The second-order valence-corrected chi connectivity index (χ2v) is 4.60. The molecule has 1 aromatic heterocycles. The van der Waals surface area contributed by atoms with Crippen LogP contribution < -0.4 is 5.32 Å². The highest BCUT2D eigenvalue weighted by atomic mass is 19.4. The van der Waals surface area contributed by atoms with E-state index < -0.39 is 12.1 Å². The van der Waals surface area contributed by atoms with Gasteiger partial charge in [-0.15, -0.1) is 0 Å². The summed E-state index contributed by atoms with van der Waals surface area (Å²) >= 11 is 0. The van der Waals surface area contributed by atoms with Gasteiger partial charge in [-0.05, 0) is 19.4 Å². The summed E-state index contributed by atoms with van der Waals surface area (Å²) in [5.74, 6) is -0.851. The third-order valence-corrected chi connectivity index (χ3v) is 2.57. The number of hydrogen-bond donors (Lipinski definition) is 2. The van der Waals surface area contributed by atoms with Gasteiger partial charge in [0.05, 0.1) is 6.04 Å². The summed E-state index contributed by atoms with van der Waals surface area (Å²) in [6, 6.07) is 0.292. The quantitative estimate of drug-likeness (QED) is 0.870. The number of halogens is 3. The summed E-state index contributed by atoms with van der Waals surface area (Å²) in [4.78, 5) is 13.2. The number of alkyl halides is 3. The number of hydrogen-bond acceptors (Lipinski definition) is 5. The third-order valence-electron chi connectivity index (χ3n) is 2.57. The lowest BCUT2D eigenvalue weighted by molar-refractivity contribution is -0.192. The van der Waals surface area contributed by atoms with Crippen LogP contribution in [0.1, 0.15) is 50.4 Å². The summed E-state index contributed by atoms with van der Waals surface area (Å²) in [6.07, 6.45) is -2.77. The average Bonchev–Trinajstić information content (AvgIpc) is 2.99. The van der Waals surface area contributed by atoms with Crippen LogP contribution in [0.25, 0.3) is 0 Å². The molecule has 0 amide bonds. The zero-order chi connectivity index (χ0) is 15.3. The second kappa shape index (κ2) is 6.69. The van der Waals surface area contributed by atoms with Gasteiger partial charge < -0.3 is 14.9 Å². The molecule has 0 spiro atoms. The Bertz CT molecular complexity index is 440. The number of aliphatic carboxylic acids is 1. The van der Waals surface area contributed by atoms with Crippen LogP contribution in [0.15, 0.2) is 4.52 Å². The van der Waals surface area contributed by atoms with Gasteiger partial charge in [-0.1, -0.05) is 19.0 Å². The number of rotatable bonds is 2. The van der Waals surface area contributed by atoms with Gasteiger partial charge in [0.2, 0.25) is 5.89 Å².